The first kappa shape index (κ1) is 10.8. The molecule has 0 bridgehead atoms. The van der Waals surface area contributed by atoms with Gasteiger partial charge in [0, 0.05) is 18.0 Å². The van der Waals surface area contributed by atoms with Gasteiger partial charge < -0.3 is 4.90 Å². The Bertz CT molecular complexity index is 555. The van der Waals surface area contributed by atoms with Gasteiger partial charge in [-0.15, -0.1) is 0 Å². The Balaban J connectivity index is 2.20. The largest absolute Gasteiger partial charge is 0.353 e. The van der Waals surface area contributed by atoms with Crippen LogP contribution >= 0.6 is 11.6 Å². The van der Waals surface area contributed by atoms with E-state index in [2.05, 4.69) is 27.9 Å². The Labute approximate surface area is 105 Å². The Hall–Kier alpha value is -1.35. The number of hydrogen-bond acceptors (Lipinski definition) is 3. The third kappa shape index (κ3) is 1.84. The van der Waals surface area contributed by atoms with E-state index in [1.54, 1.807) is 0 Å². The predicted molar refractivity (Wildman–Crippen MR) is 70.6 cm³/mol. The number of benzene rings is 1. The fourth-order valence-electron chi connectivity index (χ4n) is 2.50. The third-order valence-electron chi connectivity index (χ3n) is 3.38. The van der Waals surface area contributed by atoms with Gasteiger partial charge in [0.05, 0.1) is 5.52 Å². The van der Waals surface area contributed by atoms with Crippen molar-refractivity contribution >= 4 is 28.3 Å². The van der Waals surface area contributed by atoms with Crippen LogP contribution in [0.3, 0.4) is 0 Å². The molecule has 1 aliphatic rings. The highest BCUT2D eigenvalue weighted by Gasteiger charge is 2.23. The number of anilines is 1. The quantitative estimate of drug-likeness (QED) is 0.725. The van der Waals surface area contributed by atoms with Crippen LogP contribution in [0.25, 0.3) is 10.9 Å². The minimum Gasteiger partial charge on any atom is -0.353 e. The number of rotatable bonds is 1. The number of fused-ring (bicyclic) bond motifs is 1. The van der Waals surface area contributed by atoms with Crippen molar-refractivity contribution in [1.82, 2.24) is 9.97 Å². The van der Waals surface area contributed by atoms with Gasteiger partial charge in [-0.25, -0.2) is 4.98 Å². The van der Waals surface area contributed by atoms with E-state index < -0.39 is 0 Å². The van der Waals surface area contributed by atoms with Gasteiger partial charge in [0.1, 0.15) is 5.82 Å². The molecule has 4 heteroatoms. The summed E-state index contributed by atoms with van der Waals surface area (Å²) in [6, 6.07) is 8.57. The number of hydrogen-bond donors (Lipinski definition) is 0. The lowest BCUT2D eigenvalue weighted by Gasteiger charge is -2.23. The van der Waals surface area contributed by atoms with E-state index in [1.807, 2.05) is 18.2 Å². The van der Waals surface area contributed by atoms with Crippen molar-refractivity contribution in [2.75, 3.05) is 11.4 Å². The van der Waals surface area contributed by atoms with Crippen LogP contribution in [0, 0.1) is 0 Å². The second-order valence-electron chi connectivity index (χ2n) is 4.52. The molecule has 88 valence electrons. The molecule has 0 amide bonds. The van der Waals surface area contributed by atoms with Crippen LogP contribution in [0.4, 0.5) is 5.82 Å². The maximum absolute atomic E-state index is 6.00. The number of nitrogens with zero attached hydrogens (tertiary/aromatic N) is 3. The van der Waals surface area contributed by atoms with Crippen molar-refractivity contribution < 1.29 is 0 Å². The van der Waals surface area contributed by atoms with E-state index in [-0.39, 0.29) is 0 Å². The molecule has 1 fully saturated rings. The standard InChI is InChI=1S/C13H14ClN3/c1-9-5-4-8-17(9)12-10-6-2-3-7-11(10)15-13(14)16-12/h2-3,6-7,9H,4-5,8H2,1H3. The van der Waals surface area contributed by atoms with Crippen molar-refractivity contribution in [2.45, 2.75) is 25.8 Å². The molecule has 1 aliphatic heterocycles. The predicted octanol–water partition coefficient (Wildman–Crippen LogP) is 3.27. The van der Waals surface area contributed by atoms with Crippen LogP contribution in [0.1, 0.15) is 19.8 Å². The molecule has 0 radical (unpaired) electrons. The minimum atomic E-state index is 0.331. The maximum Gasteiger partial charge on any atom is 0.224 e. The Morgan fingerprint density at radius 2 is 2.12 bits per heavy atom. The fourth-order valence-corrected chi connectivity index (χ4v) is 2.67. The second-order valence-corrected chi connectivity index (χ2v) is 4.86. The molecule has 3 nitrogen and oxygen atoms in total. The van der Waals surface area contributed by atoms with Crippen molar-refractivity contribution in [3.63, 3.8) is 0 Å². The molecule has 1 saturated heterocycles. The summed E-state index contributed by atoms with van der Waals surface area (Å²) in [5.41, 5.74) is 0.918. The monoisotopic (exact) mass is 247 g/mol. The van der Waals surface area contributed by atoms with Crippen LogP contribution in [0.15, 0.2) is 24.3 Å². The molecule has 0 N–H and O–H groups in total. The van der Waals surface area contributed by atoms with Gasteiger partial charge in [0.15, 0.2) is 0 Å². The Morgan fingerprint density at radius 3 is 2.88 bits per heavy atom. The summed E-state index contributed by atoms with van der Waals surface area (Å²) in [5, 5.41) is 1.42. The topological polar surface area (TPSA) is 29.0 Å². The lowest BCUT2D eigenvalue weighted by atomic mass is 10.2. The SMILES string of the molecule is CC1CCCN1c1nc(Cl)nc2ccccc12. The zero-order valence-corrected chi connectivity index (χ0v) is 10.5. The van der Waals surface area contributed by atoms with Gasteiger partial charge in [-0.3, -0.25) is 0 Å². The highest BCUT2D eigenvalue weighted by molar-refractivity contribution is 6.28. The average molecular weight is 248 g/mol. The molecule has 2 aromatic rings. The van der Waals surface area contributed by atoms with Crippen LogP contribution in [0.5, 0.6) is 0 Å². The molecule has 1 aromatic heterocycles. The molecule has 17 heavy (non-hydrogen) atoms. The first-order chi connectivity index (χ1) is 8.25. The van der Waals surface area contributed by atoms with Crippen molar-refractivity contribution in [2.24, 2.45) is 0 Å². The summed E-state index contributed by atoms with van der Waals surface area (Å²) in [5.74, 6) is 0.977. The van der Waals surface area contributed by atoms with E-state index in [0.29, 0.717) is 11.3 Å². The summed E-state index contributed by atoms with van der Waals surface area (Å²) in [6.07, 6.45) is 2.44. The van der Waals surface area contributed by atoms with Crippen LogP contribution in [-0.4, -0.2) is 22.6 Å². The molecule has 1 atom stereocenters. The smallest absolute Gasteiger partial charge is 0.224 e. The van der Waals surface area contributed by atoms with E-state index in [4.69, 9.17) is 11.6 Å². The summed E-state index contributed by atoms with van der Waals surface area (Å²) in [7, 11) is 0. The molecule has 0 spiro atoms. The van der Waals surface area contributed by atoms with Gasteiger partial charge in [-0.05, 0) is 43.5 Å². The van der Waals surface area contributed by atoms with Crippen molar-refractivity contribution in [3.05, 3.63) is 29.5 Å². The number of halogens is 1. The second kappa shape index (κ2) is 4.15. The van der Waals surface area contributed by atoms with Gasteiger partial charge in [0.2, 0.25) is 5.28 Å². The Morgan fingerprint density at radius 1 is 1.29 bits per heavy atom. The molecule has 1 unspecified atom stereocenters. The molecular weight excluding hydrogens is 234 g/mol. The van der Waals surface area contributed by atoms with E-state index in [9.17, 15) is 0 Å². The van der Waals surface area contributed by atoms with Gasteiger partial charge in [0.25, 0.3) is 0 Å². The van der Waals surface area contributed by atoms with Gasteiger partial charge in [-0.2, -0.15) is 4.98 Å². The molecule has 1 aromatic carbocycles. The summed E-state index contributed by atoms with van der Waals surface area (Å²) < 4.78 is 0. The van der Waals surface area contributed by atoms with Crippen LogP contribution in [-0.2, 0) is 0 Å². The summed E-state index contributed by atoms with van der Waals surface area (Å²) in [4.78, 5) is 11.0. The Kier molecular flexibility index (Phi) is 2.63. The normalized spacial score (nSPS) is 20.1. The van der Waals surface area contributed by atoms with Crippen LogP contribution in [0.2, 0.25) is 5.28 Å². The first-order valence-corrected chi connectivity index (χ1v) is 6.32. The fraction of sp³-hybridized carbons (Fsp3) is 0.385. The van der Waals surface area contributed by atoms with Gasteiger partial charge >= 0.3 is 0 Å². The summed E-state index contributed by atoms with van der Waals surface area (Å²) in [6.45, 7) is 3.29. The zero-order chi connectivity index (χ0) is 11.8. The third-order valence-corrected chi connectivity index (χ3v) is 3.55. The molecule has 2 heterocycles. The average Bonchev–Trinajstić information content (AvgIpc) is 2.74. The van der Waals surface area contributed by atoms with E-state index >= 15 is 0 Å². The highest BCUT2D eigenvalue weighted by Crippen LogP contribution is 2.30. The van der Waals surface area contributed by atoms with Crippen molar-refractivity contribution in [1.29, 1.82) is 0 Å². The molecule has 0 saturated carbocycles. The lowest BCUT2D eigenvalue weighted by Crippen LogP contribution is -2.27. The summed E-state index contributed by atoms with van der Waals surface area (Å²) >= 11 is 6.00. The lowest BCUT2D eigenvalue weighted by molar-refractivity contribution is 0.729. The number of para-hydroxylation sites is 1. The maximum atomic E-state index is 6.00. The molecule has 3 rings (SSSR count). The van der Waals surface area contributed by atoms with Crippen LogP contribution < -0.4 is 4.90 Å². The first-order valence-electron chi connectivity index (χ1n) is 5.94. The number of aromatic nitrogens is 2. The highest BCUT2D eigenvalue weighted by atomic mass is 35.5. The molecular formula is C13H14ClN3. The van der Waals surface area contributed by atoms with E-state index in [0.717, 1.165) is 23.3 Å². The van der Waals surface area contributed by atoms with Crippen molar-refractivity contribution in [3.8, 4) is 0 Å². The zero-order valence-electron chi connectivity index (χ0n) is 9.73. The molecule has 0 aliphatic carbocycles. The minimum absolute atomic E-state index is 0.331. The van der Waals surface area contributed by atoms with Gasteiger partial charge in [-0.1, -0.05) is 12.1 Å². The van der Waals surface area contributed by atoms with E-state index in [1.165, 1.54) is 12.8 Å².